The van der Waals surface area contributed by atoms with E-state index < -0.39 is 0 Å². The summed E-state index contributed by atoms with van der Waals surface area (Å²) >= 11 is 0. The smallest absolute Gasteiger partial charge is 0.309 e. The van der Waals surface area contributed by atoms with Gasteiger partial charge < -0.3 is 9.64 Å². The lowest BCUT2D eigenvalue weighted by Crippen LogP contribution is -2.39. The second kappa shape index (κ2) is 7.78. The number of hydrogen-bond acceptors (Lipinski definition) is 3. The third-order valence-corrected chi connectivity index (χ3v) is 3.89. The van der Waals surface area contributed by atoms with Crippen LogP contribution in [0.2, 0.25) is 0 Å². The van der Waals surface area contributed by atoms with Crippen molar-refractivity contribution in [3.8, 4) is 0 Å². The lowest BCUT2D eigenvalue weighted by Gasteiger charge is -2.30. The lowest BCUT2D eigenvalue weighted by atomic mass is 9.97. The zero-order valence-electron chi connectivity index (χ0n) is 13.2. The molecule has 0 bridgehead atoms. The first-order valence-electron chi connectivity index (χ1n) is 7.80. The number of benzene rings is 1. The molecule has 1 aliphatic heterocycles. The molecule has 22 heavy (non-hydrogen) atoms. The number of amides is 1. The molecule has 0 saturated carbocycles. The minimum Gasteiger partial charge on any atom is -0.466 e. The summed E-state index contributed by atoms with van der Waals surface area (Å²) in [6.07, 6.45) is 4.82. The average Bonchev–Trinajstić information content (AvgIpc) is 2.53. The number of carbonyl (C=O) groups excluding carboxylic acids is 2. The number of piperidine rings is 1. The van der Waals surface area contributed by atoms with Crippen molar-refractivity contribution in [2.75, 3.05) is 19.7 Å². The predicted molar refractivity (Wildman–Crippen MR) is 86.2 cm³/mol. The van der Waals surface area contributed by atoms with Crippen LogP contribution in [0, 0.1) is 12.8 Å². The van der Waals surface area contributed by atoms with E-state index in [0.29, 0.717) is 32.5 Å². The van der Waals surface area contributed by atoms with Crippen molar-refractivity contribution in [2.24, 2.45) is 5.92 Å². The van der Waals surface area contributed by atoms with Crippen molar-refractivity contribution < 1.29 is 14.3 Å². The first-order valence-corrected chi connectivity index (χ1v) is 7.80. The van der Waals surface area contributed by atoms with Crippen molar-refractivity contribution in [1.82, 2.24) is 4.90 Å². The molecule has 0 aliphatic carbocycles. The topological polar surface area (TPSA) is 46.6 Å². The number of aryl methyl sites for hydroxylation is 1. The van der Waals surface area contributed by atoms with E-state index in [1.54, 1.807) is 11.0 Å². The number of nitrogens with zero attached hydrogens (tertiary/aromatic N) is 1. The SMILES string of the molecule is CCOC(=O)C1CCN(C(=O)/C=C/c2cccc(C)c2)CC1. The van der Waals surface area contributed by atoms with Gasteiger partial charge in [0.25, 0.3) is 0 Å². The first-order chi connectivity index (χ1) is 10.6. The highest BCUT2D eigenvalue weighted by Gasteiger charge is 2.27. The maximum atomic E-state index is 12.2. The molecule has 1 amide bonds. The molecule has 2 rings (SSSR count). The van der Waals surface area contributed by atoms with Gasteiger partial charge in [-0.25, -0.2) is 0 Å². The largest absolute Gasteiger partial charge is 0.466 e. The van der Waals surface area contributed by atoms with Gasteiger partial charge in [-0.3, -0.25) is 9.59 Å². The second-order valence-electron chi connectivity index (χ2n) is 5.60. The van der Waals surface area contributed by atoms with Crippen molar-refractivity contribution in [2.45, 2.75) is 26.7 Å². The fourth-order valence-corrected chi connectivity index (χ4v) is 2.64. The Bertz CT molecular complexity index is 557. The van der Waals surface area contributed by atoms with Crippen molar-refractivity contribution >= 4 is 18.0 Å². The van der Waals surface area contributed by atoms with Crippen LogP contribution in [0.3, 0.4) is 0 Å². The second-order valence-corrected chi connectivity index (χ2v) is 5.60. The number of ether oxygens (including phenoxy) is 1. The van der Waals surface area contributed by atoms with Gasteiger partial charge in [-0.05, 0) is 38.3 Å². The number of rotatable bonds is 4. The fraction of sp³-hybridized carbons (Fsp3) is 0.444. The predicted octanol–water partition coefficient (Wildman–Crippen LogP) is 2.81. The van der Waals surface area contributed by atoms with Crippen molar-refractivity contribution in [3.05, 3.63) is 41.5 Å². The molecule has 1 aromatic carbocycles. The van der Waals surface area contributed by atoms with Crippen LogP contribution in [0.5, 0.6) is 0 Å². The molecule has 0 atom stereocenters. The van der Waals surface area contributed by atoms with Crippen LogP contribution in [0.15, 0.2) is 30.3 Å². The summed E-state index contributed by atoms with van der Waals surface area (Å²) in [6, 6.07) is 8.02. The van der Waals surface area contributed by atoms with Crippen LogP contribution < -0.4 is 0 Å². The molecule has 1 fully saturated rings. The van der Waals surface area contributed by atoms with Gasteiger partial charge in [0, 0.05) is 19.2 Å². The minimum absolute atomic E-state index is 0.00353. The van der Waals surface area contributed by atoms with E-state index in [4.69, 9.17) is 4.74 Å². The molecule has 0 unspecified atom stereocenters. The van der Waals surface area contributed by atoms with E-state index >= 15 is 0 Å². The monoisotopic (exact) mass is 301 g/mol. The van der Waals surface area contributed by atoms with Crippen molar-refractivity contribution in [3.63, 3.8) is 0 Å². The highest BCUT2D eigenvalue weighted by molar-refractivity contribution is 5.92. The standard InChI is InChI=1S/C18H23NO3/c1-3-22-18(21)16-9-11-19(12-10-16)17(20)8-7-15-6-4-5-14(2)13-15/h4-8,13,16H,3,9-12H2,1-2H3/b8-7+. The zero-order valence-corrected chi connectivity index (χ0v) is 13.2. The molecule has 1 saturated heterocycles. The highest BCUT2D eigenvalue weighted by Crippen LogP contribution is 2.19. The van der Waals surface area contributed by atoms with E-state index in [-0.39, 0.29) is 17.8 Å². The quantitative estimate of drug-likeness (QED) is 0.634. The lowest BCUT2D eigenvalue weighted by molar-refractivity contribution is -0.150. The van der Waals surface area contributed by atoms with Gasteiger partial charge in [-0.2, -0.15) is 0 Å². The molecule has 1 aliphatic rings. The number of likely N-dealkylation sites (tertiary alicyclic amines) is 1. The molecule has 0 N–H and O–H groups in total. The van der Waals surface area contributed by atoms with Crippen LogP contribution in [-0.2, 0) is 14.3 Å². The third kappa shape index (κ3) is 4.45. The van der Waals surface area contributed by atoms with E-state index in [0.717, 1.165) is 5.56 Å². The Kier molecular flexibility index (Phi) is 5.75. The summed E-state index contributed by atoms with van der Waals surface area (Å²) in [4.78, 5) is 25.7. The Morgan fingerprint density at radius 1 is 1.32 bits per heavy atom. The maximum absolute atomic E-state index is 12.2. The molecular formula is C18H23NO3. The van der Waals surface area contributed by atoms with E-state index in [2.05, 4.69) is 0 Å². The molecule has 0 radical (unpaired) electrons. The number of carbonyl (C=O) groups is 2. The molecule has 1 aromatic rings. The van der Waals surface area contributed by atoms with E-state index in [9.17, 15) is 9.59 Å². The van der Waals surface area contributed by atoms with Crippen LogP contribution in [-0.4, -0.2) is 36.5 Å². The number of esters is 1. The summed E-state index contributed by atoms with van der Waals surface area (Å²) < 4.78 is 5.04. The Morgan fingerprint density at radius 3 is 2.68 bits per heavy atom. The fourth-order valence-electron chi connectivity index (χ4n) is 2.64. The number of hydrogen-bond donors (Lipinski definition) is 0. The van der Waals surface area contributed by atoms with Gasteiger partial charge in [0.15, 0.2) is 0 Å². The molecule has 4 nitrogen and oxygen atoms in total. The van der Waals surface area contributed by atoms with Gasteiger partial charge >= 0.3 is 5.97 Å². The van der Waals surface area contributed by atoms with Crippen LogP contribution in [0.1, 0.15) is 30.9 Å². The van der Waals surface area contributed by atoms with Crippen LogP contribution in [0.4, 0.5) is 0 Å². The Hall–Kier alpha value is -2.10. The summed E-state index contributed by atoms with van der Waals surface area (Å²) in [5.41, 5.74) is 2.19. The van der Waals surface area contributed by atoms with Crippen molar-refractivity contribution in [1.29, 1.82) is 0 Å². The summed E-state index contributed by atoms with van der Waals surface area (Å²) in [6.45, 7) is 5.48. The van der Waals surface area contributed by atoms with E-state index in [1.165, 1.54) is 5.56 Å². The first kappa shape index (κ1) is 16.3. The average molecular weight is 301 g/mol. The summed E-state index contributed by atoms with van der Waals surface area (Å²) in [5, 5.41) is 0. The van der Waals surface area contributed by atoms with Crippen LogP contribution in [0.25, 0.3) is 6.08 Å². The summed E-state index contributed by atoms with van der Waals surface area (Å²) in [5.74, 6) is -0.196. The maximum Gasteiger partial charge on any atom is 0.309 e. The molecular weight excluding hydrogens is 278 g/mol. The normalized spacial score (nSPS) is 16.0. The molecule has 0 aromatic heterocycles. The highest BCUT2D eigenvalue weighted by atomic mass is 16.5. The van der Waals surface area contributed by atoms with Gasteiger partial charge in [0.05, 0.1) is 12.5 Å². The van der Waals surface area contributed by atoms with Gasteiger partial charge in [0.1, 0.15) is 0 Å². The van der Waals surface area contributed by atoms with E-state index in [1.807, 2.05) is 44.2 Å². The molecule has 1 heterocycles. The minimum atomic E-state index is -0.134. The molecule has 0 spiro atoms. The molecule has 118 valence electrons. The third-order valence-electron chi connectivity index (χ3n) is 3.89. The Morgan fingerprint density at radius 2 is 2.05 bits per heavy atom. The van der Waals surface area contributed by atoms with Crippen LogP contribution >= 0.6 is 0 Å². The Labute approximate surface area is 131 Å². The summed E-state index contributed by atoms with van der Waals surface area (Å²) in [7, 11) is 0. The zero-order chi connectivity index (χ0) is 15.9. The van der Waals surface area contributed by atoms with Gasteiger partial charge in [-0.1, -0.05) is 29.8 Å². The molecule has 4 heteroatoms. The Balaban J connectivity index is 1.86. The van der Waals surface area contributed by atoms with Gasteiger partial charge in [-0.15, -0.1) is 0 Å². The van der Waals surface area contributed by atoms with Gasteiger partial charge in [0.2, 0.25) is 5.91 Å².